The van der Waals surface area contributed by atoms with Crippen molar-refractivity contribution in [1.82, 2.24) is 4.90 Å². The second-order valence-electron chi connectivity index (χ2n) is 5.04. The molecule has 1 fully saturated rings. The van der Waals surface area contributed by atoms with Gasteiger partial charge in [-0.3, -0.25) is 14.5 Å². The third kappa shape index (κ3) is 2.25. The van der Waals surface area contributed by atoms with Crippen LogP contribution in [-0.2, 0) is 16.1 Å². The van der Waals surface area contributed by atoms with E-state index in [1.165, 1.54) is 4.90 Å². The Morgan fingerprint density at radius 2 is 1.53 bits per heavy atom. The predicted octanol–water partition coefficient (Wildman–Crippen LogP) is 2.90. The molecule has 1 aliphatic carbocycles. The Kier molecular flexibility index (Phi) is 3.27. The molecule has 2 aliphatic rings. The van der Waals surface area contributed by atoms with Crippen LogP contribution in [0.1, 0.15) is 18.4 Å². The van der Waals surface area contributed by atoms with E-state index in [0.29, 0.717) is 19.4 Å². The summed E-state index contributed by atoms with van der Waals surface area (Å²) in [4.78, 5) is 26.0. The van der Waals surface area contributed by atoms with Gasteiger partial charge in [0.05, 0.1) is 18.4 Å². The minimum absolute atomic E-state index is 0.0118. The maximum absolute atomic E-state index is 12.3. The molecule has 0 aromatic heterocycles. The molecule has 1 aromatic rings. The van der Waals surface area contributed by atoms with E-state index in [-0.39, 0.29) is 23.7 Å². The normalized spacial score (nSPS) is 25.8. The van der Waals surface area contributed by atoms with E-state index >= 15 is 0 Å². The predicted molar refractivity (Wildman–Crippen MR) is 75.1 cm³/mol. The number of halogens is 1. The van der Waals surface area contributed by atoms with Crippen LogP contribution in [0.3, 0.4) is 0 Å². The molecule has 1 aromatic carbocycles. The molecule has 3 rings (SSSR count). The van der Waals surface area contributed by atoms with Crippen LogP contribution in [0.2, 0.25) is 0 Å². The average Bonchev–Trinajstić information content (AvgIpc) is 2.67. The van der Waals surface area contributed by atoms with Crippen molar-refractivity contribution in [2.75, 3.05) is 0 Å². The zero-order valence-electron chi connectivity index (χ0n) is 10.4. The topological polar surface area (TPSA) is 37.4 Å². The third-order valence-corrected chi connectivity index (χ3v) is 4.38. The first kappa shape index (κ1) is 12.6. The molecule has 1 aliphatic heterocycles. The van der Waals surface area contributed by atoms with Crippen molar-refractivity contribution in [3.63, 3.8) is 0 Å². The number of rotatable bonds is 2. The molecule has 98 valence electrons. The van der Waals surface area contributed by atoms with Gasteiger partial charge in [-0.05, 0) is 30.5 Å². The molecule has 2 atom stereocenters. The first-order chi connectivity index (χ1) is 9.16. The standard InChI is InChI=1S/C15H14BrNO2/c16-11-7-5-10(6-8-11)9-17-14(18)12-3-1-2-4-13(12)15(17)19/h1-2,5-8,12-13H,3-4,9H2. The number of imide groups is 1. The Bertz CT molecular complexity index is 524. The van der Waals surface area contributed by atoms with Crippen molar-refractivity contribution in [2.24, 2.45) is 11.8 Å². The van der Waals surface area contributed by atoms with Gasteiger partial charge < -0.3 is 0 Å². The van der Waals surface area contributed by atoms with Crippen LogP contribution >= 0.6 is 15.9 Å². The fraction of sp³-hybridized carbons (Fsp3) is 0.333. The summed E-state index contributed by atoms with van der Waals surface area (Å²) in [7, 11) is 0. The van der Waals surface area contributed by atoms with Crippen LogP contribution in [0.25, 0.3) is 0 Å². The minimum atomic E-state index is -0.132. The van der Waals surface area contributed by atoms with Crippen LogP contribution in [0, 0.1) is 11.8 Å². The molecule has 3 nitrogen and oxygen atoms in total. The van der Waals surface area contributed by atoms with Crippen molar-refractivity contribution >= 4 is 27.7 Å². The lowest BCUT2D eigenvalue weighted by Gasteiger charge is -2.14. The van der Waals surface area contributed by atoms with Crippen molar-refractivity contribution in [3.8, 4) is 0 Å². The van der Waals surface area contributed by atoms with Gasteiger partial charge >= 0.3 is 0 Å². The summed E-state index contributed by atoms with van der Waals surface area (Å²) in [6, 6.07) is 7.72. The molecule has 0 saturated carbocycles. The number of amides is 2. The Morgan fingerprint density at radius 3 is 2.05 bits per heavy atom. The zero-order valence-corrected chi connectivity index (χ0v) is 12.0. The van der Waals surface area contributed by atoms with Gasteiger partial charge in [0.2, 0.25) is 11.8 Å². The molecular formula is C15H14BrNO2. The summed E-state index contributed by atoms with van der Waals surface area (Å²) in [5, 5.41) is 0. The first-order valence-electron chi connectivity index (χ1n) is 6.41. The number of likely N-dealkylation sites (tertiary alicyclic amines) is 1. The maximum atomic E-state index is 12.3. The van der Waals surface area contributed by atoms with E-state index in [9.17, 15) is 9.59 Å². The van der Waals surface area contributed by atoms with E-state index in [4.69, 9.17) is 0 Å². The van der Waals surface area contributed by atoms with Gasteiger partial charge in [-0.1, -0.05) is 40.2 Å². The van der Waals surface area contributed by atoms with E-state index in [1.807, 2.05) is 36.4 Å². The Balaban J connectivity index is 1.80. The lowest BCUT2D eigenvalue weighted by Crippen LogP contribution is -2.30. The van der Waals surface area contributed by atoms with E-state index in [0.717, 1.165) is 10.0 Å². The van der Waals surface area contributed by atoms with Crippen LogP contribution in [0.15, 0.2) is 40.9 Å². The summed E-state index contributed by atoms with van der Waals surface area (Å²) in [5.74, 6) is -0.287. The first-order valence-corrected chi connectivity index (χ1v) is 7.21. The summed E-state index contributed by atoms with van der Waals surface area (Å²) < 4.78 is 0.994. The molecule has 2 unspecified atom stereocenters. The monoisotopic (exact) mass is 319 g/mol. The highest BCUT2D eigenvalue weighted by molar-refractivity contribution is 9.10. The van der Waals surface area contributed by atoms with Gasteiger partial charge in [-0.15, -0.1) is 0 Å². The van der Waals surface area contributed by atoms with Gasteiger partial charge in [0.15, 0.2) is 0 Å². The summed E-state index contributed by atoms with van der Waals surface area (Å²) in [6.07, 6.45) is 5.42. The molecule has 1 saturated heterocycles. The average molecular weight is 320 g/mol. The number of carbonyl (C=O) groups is 2. The van der Waals surface area contributed by atoms with Crippen LogP contribution in [-0.4, -0.2) is 16.7 Å². The second-order valence-corrected chi connectivity index (χ2v) is 5.96. The largest absolute Gasteiger partial charge is 0.278 e. The van der Waals surface area contributed by atoms with Crippen molar-refractivity contribution in [1.29, 1.82) is 0 Å². The van der Waals surface area contributed by atoms with Crippen molar-refractivity contribution in [3.05, 3.63) is 46.5 Å². The minimum Gasteiger partial charge on any atom is -0.278 e. The zero-order chi connectivity index (χ0) is 13.4. The number of hydrogen-bond donors (Lipinski definition) is 0. The van der Waals surface area contributed by atoms with Crippen LogP contribution < -0.4 is 0 Å². The third-order valence-electron chi connectivity index (χ3n) is 3.85. The molecule has 0 N–H and O–H groups in total. The number of benzene rings is 1. The molecule has 4 heteroatoms. The second kappa shape index (κ2) is 4.93. The molecule has 2 amide bonds. The maximum Gasteiger partial charge on any atom is 0.233 e. The quantitative estimate of drug-likeness (QED) is 0.621. The van der Waals surface area contributed by atoms with Crippen molar-refractivity contribution < 1.29 is 9.59 Å². The highest BCUT2D eigenvalue weighted by Gasteiger charge is 2.46. The number of fused-ring (bicyclic) bond motifs is 1. The van der Waals surface area contributed by atoms with E-state index in [2.05, 4.69) is 15.9 Å². The van der Waals surface area contributed by atoms with E-state index < -0.39 is 0 Å². The van der Waals surface area contributed by atoms with Gasteiger partial charge in [0, 0.05) is 4.47 Å². The van der Waals surface area contributed by atoms with Gasteiger partial charge in [-0.25, -0.2) is 0 Å². The highest BCUT2D eigenvalue weighted by atomic mass is 79.9. The molecule has 0 bridgehead atoms. The Labute approximate surface area is 120 Å². The van der Waals surface area contributed by atoms with Crippen LogP contribution in [0.4, 0.5) is 0 Å². The van der Waals surface area contributed by atoms with Gasteiger partial charge in [0.1, 0.15) is 0 Å². The Morgan fingerprint density at radius 1 is 1.00 bits per heavy atom. The fourth-order valence-electron chi connectivity index (χ4n) is 2.80. The molecule has 0 radical (unpaired) electrons. The van der Waals surface area contributed by atoms with Gasteiger partial charge in [-0.2, -0.15) is 0 Å². The number of carbonyl (C=O) groups excluding carboxylic acids is 2. The lowest BCUT2D eigenvalue weighted by atomic mass is 9.85. The van der Waals surface area contributed by atoms with Crippen LogP contribution in [0.5, 0.6) is 0 Å². The molecule has 1 heterocycles. The number of nitrogens with zero attached hydrogens (tertiary/aromatic N) is 1. The number of allylic oxidation sites excluding steroid dienone is 2. The fourth-order valence-corrected chi connectivity index (χ4v) is 3.06. The Hall–Kier alpha value is -1.42. The lowest BCUT2D eigenvalue weighted by molar-refractivity contribution is -0.140. The summed E-state index contributed by atoms with van der Waals surface area (Å²) >= 11 is 3.38. The van der Waals surface area contributed by atoms with Gasteiger partial charge in [0.25, 0.3) is 0 Å². The molecule has 0 spiro atoms. The smallest absolute Gasteiger partial charge is 0.233 e. The number of hydrogen-bond acceptors (Lipinski definition) is 2. The molecule has 19 heavy (non-hydrogen) atoms. The summed E-state index contributed by atoms with van der Waals surface area (Å²) in [5.41, 5.74) is 0.983. The van der Waals surface area contributed by atoms with E-state index in [1.54, 1.807) is 0 Å². The van der Waals surface area contributed by atoms with Crippen molar-refractivity contribution in [2.45, 2.75) is 19.4 Å². The molecular weight excluding hydrogens is 306 g/mol. The SMILES string of the molecule is O=C1C2CC=CCC2C(=O)N1Cc1ccc(Br)cc1. The summed E-state index contributed by atoms with van der Waals surface area (Å²) in [6.45, 7) is 0.387. The highest BCUT2D eigenvalue weighted by Crippen LogP contribution is 2.35.